The minimum atomic E-state index is -3.84. The van der Waals surface area contributed by atoms with Crippen molar-refractivity contribution in [3.05, 3.63) is 76.5 Å². The summed E-state index contributed by atoms with van der Waals surface area (Å²) in [5.41, 5.74) is 2.05. The molecule has 0 radical (unpaired) electrons. The number of rotatable bonds is 8. The molecule has 2 aromatic carbocycles. The van der Waals surface area contributed by atoms with Crippen molar-refractivity contribution >= 4 is 21.4 Å². The van der Waals surface area contributed by atoms with E-state index in [1.54, 1.807) is 13.1 Å². The highest BCUT2D eigenvalue weighted by molar-refractivity contribution is 7.89. The van der Waals surface area contributed by atoms with E-state index < -0.39 is 15.8 Å². The Morgan fingerprint density at radius 2 is 1.67 bits per heavy atom. The number of sulfonamides is 1. The lowest BCUT2D eigenvalue weighted by Gasteiger charge is -2.36. The lowest BCUT2D eigenvalue weighted by Crippen LogP contribution is -2.49. The first-order chi connectivity index (χ1) is 18.8. The molecule has 2 aliphatic rings. The van der Waals surface area contributed by atoms with Crippen molar-refractivity contribution in [2.75, 3.05) is 62.6 Å². The van der Waals surface area contributed by atoms with Gasteiger partial charge in [-0.25, -0.2) is 12.8 Å². The number of aromatic nitrogens is 2. The predicted octanol–water partition coefficient (Wildman–Crippen LogP) is 3.09. The van der Waals surface area contributed by atoms with Gasteiger partial charge < -0.3 is 15.1 Å². The molecule has 0 amide bonds. The molecule has 3 aromatic rings. The van der Waals surface area contributed by atoms with Gasteiger partial charge in [-0.05, 0) is 62.7 Å². The molecule has 208 valence electrons. The Balaban J connectivity index is 1.37. The molecule has 0 saturated carbocycles. The molecule has 5 rings (SSSR count). The zero-order valence-electron chi connectivity index (χ0n) is 22.2. The summed E-state index contributed by atoms with van der Waals surface area (Å²) < 4.78 is 43.2. The van der Waals surface area contributed by atoms with Crippen molar-refractivity contribution in [2.45, 2.75) is 31.1 Å². The smallest absolute Gasteiger partial charge is 0.296 e. The largest absolute Gasteiger partial charge is 0.377 e. The van der Waals surface area contributed by atoms with Crippen LogP contribution in [0.2, 0.25) is 0 Å². The van der Waals surface area contributed by atoms with Crippen molar-refractivity contribution in [2.24, 2.45) is 0 Å². The van der Waals surface area contributed by atoms with Crippen LogP contribution >= 0.6 is 0 Å². The number of nitrogens with zero attached hydrogens (tertiary/aromatic N) is 5. The molecule has 2 aliphatic heterocycles. The predicted molar refractivity (Wildman–Crippen MR) is 151 cm³/mol. The van der Waals surface area contributed by atoms with Gasteiger partial charge in [-0.2, -0.15) is 14.1 Å². The van der Waals surface area contributed by atoms with Gasteiger partial charge in [-0.15, -0.1) is 0 Å². The second kappa shape index (κ2) is 11.8. The number of anilines is 2. The molecule has 1 aromatic heterocycles. The second-order valence-electron chi connectivity index (χ2n) is 10.1. The van der Waals surface area contributed by atoms with Crippen LogP contribution in [0.25, 0.3) is 5.69 Å². The summed E-state index contributed by atoms with van der Waals surface area (Å²) in [5.74, 6) is -0.580. The molecule has 2 fully saturated rings. The van der Waals surface area contributed by atoms with E-state index in [-0.39, 0.29) is 23.5 Å². The quantitative estimate of drug-likeness (QED) is 0.458. The molecule has 9 nitrogen and oxygen atoms in total. The maximum atomic E-state index is 13.8. The monoisotopic (exact) mass is 554 g/mol. The van der Waals surface area contributed by atoms with Crippen molar-refractivity contribution in [1.82, 2.24) is 19.0 Å². The molecule has 3 heterocycles. The number of hydrogen-bond acceptors (Lipinski definition) is 7. The van der Waals surface area contributed by atoms with Crippen LogP contribution in [-0.2, 0) is 10.0 Å². The molecule has 11 heteroatoms. The minimum Gasteiger partial charge on any atom is -0.377 e. The Labute approximate surface area is 228 Å². The second-order valence-corrected chi connectivity index (χ2v) is 12.0. The maximum absolute atomic E-state index is 13.8. The van der Waals surface area contributed by atoms with E-state index in [2.05, 4.69) is 15.3 Å². The Kier molecular flexibility index (Phi) is 8.29. The van der Waals surface area contributed by atoms with Crippen molar-refractivity contribution < 1.29 is 12.8 Å². The van der Waals surface area contributed by atoms with Crippen LogP contribution in [0, 0.1) is 12.7 Å². The molecule has 0 bridgehead atoms. The summed E-state index contributed by atoms with van der Waals surface area (Å²) in [6.07, 6.45) is 5.34. The molecule has 2 saturated heterocycles. The number of para-hydroxylation sites is 1. The van der Waals surface area contributed by atoms with Crippen LogP contribution < -0.4 is 15.8 Å². The highest BCUT2D eigenvalue weighted by Crippen LogP contribution is 2.27. The third-order valence-electron chi connectivity index (χ3n) is 7.48. The SMILES string of the molecule is Cc1ccc(F)cc1S(=O)(=O)N1CCN(c2cnn(-c3ccccc3)c(=O)c2NCCN2CCCCC2)CC1. The zero-order valence-corrected chi connectivity index (χ0v) is 23.0. The number of benzene rings is 2. The van der Waals surface area contributed by atoms with Crippen LogP contribution in [0.1, 0.15) is 24.8 Å². The molecule has 0 aliphatic carbocycles. The van der Waals surface area contributed by atoms with Crippen LogP contribution in [0.5, 0.6) is 0 Å². The van der Waals surface area contributed by atoms with E-state index >= 15 is 0 Å². The van der Waals surface area contributed by atoms with Crippen molar-refractivity contribution in [3.63, 3.8) is 0 Å². The molecular formula is C28H35FN6O3S. The van der Waals surface area contributed by atoms with E-state index in [0.717, 1.165) is 25.7 Å². The van der Waals surface area contributed by atoms with Crippen molar-refractivity contribution in [1.29, 1.82) is 0 Å². The third-order valence-corrected chi connectivity index (χ3v) is 9.53. The van der Waals surface area contributed by atoms with E-state index in [0.29, 0.717) is 42.3 Å². The molecule has 0 atom stereocenters. The van der Waals surface area contributed by atoms with Crippen LogP contribution in [0.4, 0.5) is 15.8 Å². The summed E-state index contributed by atoms with van der Waals surface area (Å²) >= 11 is 0. The number of likely N-dealkylation sites (tertiary alicyclic amines) is 1. The maximum Gasteiger partial charge on any atom is 0.296 e. The number of piperazine rings is 1. The number of aryl methyl sites for hydroxylation is 1. The van der Waals surface area contributed by atoms with Gasteiger partial charge in [0, 0.05) is 39.3 Å². The molecular weight excluding hydrogens is 519 g/mol. The topological polar surface area (TPSA) is 90.8 Å². The van der Waals surface area contributed by atoms with E-state index in [1.165, 1.54) is 40.4 Å². The lowest BCUT2D eigenvalue weighted by molar-refractivity contribution is 0.237. The van der Waals surface area contributed by atoms with Crippen molar-refractivity contribution in [3.8, 4) is 5.69 Å². The van der Waals surface area contributed by atoms with Crippen LogP contribution in [-0.4, -0.2) is 79.8 Å². The zero-order chi connectivity index (χ0) is 27.4. The van der Waals surface area contributed by atoms with Gasteiger partial charge in [0.25, 0.3) is 5.56 Å². The van der Waals surface area contributed by atoms with Gasteiger partial charge in [0.15, 0.2) is 0 Å². The number of nitrogens with one attached hydrogen (secondary N) is 1. The summed E-state index contributed by atoms with van der Waals surface area (Å²) in [5, 5.41) is 7.84. The Morgan fingerprint density at radius 1 is 0.949 bits per heavy atom. The fourth-order valence-corrected chi connectivity index (χ4v) is 6.94. The summed E-state index contributed by atoms with van der Waals surface area (Å²) in [4.78, 5) is 18.0. The van der Waals surface area contributed by atoms with Gasteiger partial charge in [-0.3, -0.25) is 4.79 Å². The molecule has 0 spiro atoms. The minimum absolute atomic E-state index is 0.0110. The Bertz CT molecular complexity index is 1450. The van der Waals surface area contributed by atoms with Crippen LogP contribution in [0.15, 0.2) is 64.4 Å². The van der Waals surface area contributed by atoms with E-state index in [1.807, 2.05) is 35.2 Å². The lowest BCUT2D eigenvalue weighted by atomic mass is 10.1. The fraction of sp³-hybridized carbons (Fsp3) is 0.429. The summed E-state index contributed by atoms with van der Waals surface area (Å²) in [6.45, 7) is 6.45. The first kappa shape index (κ1) is 27.3. The van der Waals surface area contributed by atoms with Gasteiger partial charge in [0.05, 0.1) is 22.5 Å². The molecule has 1 N–H and O–H groups in total. The number of hydrogen-bond donors (Lipinski definition) is 1. The average molecular weight is 555 g/mol. The highest BCUT2D eigenvalue weighted by Gasteiger charge is 2.31. The standard InChI is InChI=1S/C28H35FN6O3S/c1-22-10-11-23(29)20-26(22)39(37,38)34-18-16-33(17-19-34)25-21-31-35(24-8-4-2-5-9-24)28(36)27(25)30-12-15-32-13-6-3-7-14-32/h2,4-5,8-11,20-21,30H,3,6-7,12-19H2,1H3. The van der Waals surface area contributed by atoms with E-state index in [4.69, 9.17) is 0 Å². The van der Waals surface area contributed by atoms with Gasteiger partial charge in [0.1, 0.15) is 11.5 Å². The Hall–Kier alpha value is -3.28. The van der Waals surface area contributed by atoms with Crippen LogP contribution in [0.3, 0.4) is 0 Å². The fourth-order valence-electron chi connectivity index (χ4n) is 5.29. The van der Waals surface area contributed by atoms with E-state index in [9.17, 15) is 17.6 Å². The normalized spacial score (nSPS) is 17.3. The number of piperidine rings is 1. The molecule has 39 heavy (non-hydrogen) atoms. The molecule has 0 unspecified atom stereocenters. The van der Waals surface area contributed by atoms with Gasteiger partial charge in [-0.1, -0.05) is 30.7 Å². The number of halogens is 1. The highest BCUT2D eigenvalue weighted by atomic mass is 32.2. The summed E-state index contributed by atoms with van der Waals surface area (Å²) in [6, 6.07) is 13.1. The van der Waals surface area contributed by atoms with Gasteiger partial charge >= 0.3 is 0 Å². The Morgan fingerprint density at radius 3 is 2.38 bits per heavy atom. The third kappa shape index (κ3) is 6.00. The first-order valence-corrected chi connectivity index (χ1v) is 14.9. The summed E-state index contributed by atoms with van der Waals surface area (Å²) in [7, 11) is -3.84. The first-order valence-electron chi connectivity index (χ1n) is 13.5. The van der Waals surface area contributed by atoms with Gasteiger partial charge in [0.2, 0.25) is 10.0 Å². The average Bonchev–Trinajstić information content (AvgIpc) is 2.96.